The Labute approximate surface area is 191 Å². The van der Waals surface area contributed by atoms with E-state index in [4.69, 9.17) is 0 Å². The second-order valence-corrected chi connectivity index (χ2v) is 11.7. The van der Waals surface area contributed by atoms with Gasteiger partial charge in [0.1, 0.15) is 6.04 Å². The number of nitrogens with zero attached hydrogens (tertiary/aromatic N) is 3. The van der Waals surface area contributed by atoms with Crippen molar-refractivity contribution in [1.29, 1.82) is 0 Å². The summed E-state index contributed by atoms with van der Waals surface area (Å²) in [7, 11) is -2.31. The van der Waals surface area contributed by atoms with Crippen molar-refractivity contribution in [3.8, 4) is 0 Å². The van der Waals surface area contributed by atoms with Gasteiger partial charge in [-0.15, -0.1) is 0 Å². The van der Waals surface area contributed by atoms with Crippen LogP contribution < -0.4 is 5.32 Å². The van der Waals surface area contributed by atoms with Crippen LogP contribution in [0.1, 0.15) is 26.7 Å². The lowest BCUT2D eigenvalue weighted by molar-refractivity contribution is -0.135. The number of likely N-dealkylation sites (N-methyl/N-ethyl adjacent to an activating group) is 1. The Kier molecular flexibility index (Phi) is 6.35. The van der Waals surface area contributed by atoms with E-state index in [-0.39, 0.29) is 29.2 Å². The van der Waals surface area contributed by atoms with Gasteiger partial charge in [0.2, 0.25) is 21.8 Å². The standard InChI is InChI=1S/C23H34N4O4S/c1-17(2)15-25-9-11-26(12-10-25)22(29)19-13-23(19)14-20(21(28)24-3)27(16-23)32(30,31)18-7-5-4-6-8-18/h4-8,17,19-20H,9-16H2,1-3H3,(H,24,28)/t19-,20+,23+/m1/s1. The van der Waals surface area contributed by atoms with Gasteiger partial charge in [0.05, 0.1) is 4.90 Å². The Balaban J connectivity index is 1.47. The smallest absolute Gasteiger partial charge is 0.243 e. The lowest BCUT2D eigenvalue weighted by Crippen LogP contribution is -2.50. The van der Waals surface area contributed by atoms with E-state index in [1.807, 2.05) is 4.90 Å². The van der Waals surface area contributed by atoms with Crippen molar-refractivity contribution in [3.63, 3.8) is 0 Å². The molecule has 3 atom stereocenters. The van der Waals surface area contributed by atoms with Crippen LogP contribution in [0.15, 0.2) is 35.2 Å². The third kappa shape index (κ3) is 4.30. The molecule has 9 heteroatoms. The molecule has 1 aromatic rings. The summed E-state index contributed by atoms with van der Waals surface area (Å²) in [5.74, 6) is 0.189. The Hall–Kier alpha value is -1.97. The van der Waals surface area contributed by atoms with Crippen molar-refractivity contribution in [2.45, 2.75) is 37.6 Å². The predicted octanol–water partition coefficient (Wildman–Crippen LogP) is 1.00. The molecule has 1 N–H and O–H groups in total. The molecule has 2 saturated heterocycles. The molecule has 3 fully saturated rings. The van der Waals surface area contributed by atoms with Gasteiger partial charge in [-0.1, -0.05) is 32.0 Å². The zero-order chi connectivity index (χ0) is 23.1. The molecule has 0 bridgehead atoms. The minimum absolute atomic E-state index is 0.115. The van der Waals surface area contributed by atoms with Crippen molar-refractivity contribution in [1.82, 2.24) is 19.4 Å². The number of hydrogen-bond acceptors (Lipinski definition) is 5. The Morgan fingerprint density at radius 3 is 2.34 bits per heavy atom. The fourth-order valence-corrected chi connectivity index (χ4v) is 7.03. The molecule has 2 amide bonds. The molecule has 0 aromatic heterocycles. The van der Waals surface area contributed by atoms with Gasteiger partial charge in [-0.2, -0.15) is 4.31 Å². The van der Waals surface area contributed by atoms with Crippen LogP contribution in [-0.2, 0) is 19.6 Å². The van der Waals surface area contributed by atoms with Crippen LogP contribution in [0, 0.1) is 17.3 Å². The van der Waals surface area contributed by atoms with E-state index in [1.165, 1.54) is 11.4 Å². The van der Waals surface area contributed by atoms with Crippen LogP contribution in [0.3, 0.4) is 0 Å². The summed E-state index contributed by atoms with van der Waals surface area (Å²) in [6, 6.07) is 7.43. The summed E-state index contributed by atoms with van der Waals surface area (Å²) in [5, 5.41) is 2.61. The lowest BCUT2D eigenvalue weighted by Gasteiger charge is -2.36. The minimum atomic E-state index is -3.83. The normalized spacial score (nSPS) is 28.9. The zero-order valence-electron chi connectivity index (χ0n) is 19.2. The maximum atomic E-state index is 13.3. The van der Waals surface area contributed by atoms with Crippen molar-refractivity contribution < 1.29 is 18.0 Å². The van der Waals surface area contributed by atoms with Gasteiger partial charge in [-0.05, 0) is 36.3 Å². The van der Waals surface area contributed by atoms with Gasteiger partial charge in [0, 0.05) is 52.2 Å². The summed E-state index contributed by atoms with van der Waals surface area (Å²) in [6.07, 6.45) is 1.04. The van der Waals surface area contributed by atoms with Gasteiger partial charge in [0.25, 0.3) is 0 Å². The lowest BCUT2D eigenvalue weighted by atomic mass is 9.98. The van der Waals surface area contributed by atoms with Gasteiger partial charge in [-0.3, -0.25) is 14.5 Å². The van der Waals surface area contributed by atoms with Crippen molar-refractivity contribution in [2.24, 2.45) is 17.3 Å². The van der Waals surface area contributed by atoms with Gasteiger partial charge >= 0.3 is 0 Å². The van der Waals surface area contributed by atoms with Crippen molar-refractivity contribution in [2.75, 3.05) is 46.3 Å². The number of sulfonamides is 1. The van der Waals surface area contributed by atoms with Crippen LogP contribution in [0.25, 0.3) is 0 Å². The first-order valence-electron chi connectivity index (χ1n) is 11.5. The topological polar surface area (TPSA) is 90.0 Å². The van der Waals surface area contributed by atoms with E-state index in [0.717, 1.165) is 19.6 Å². The van der Waals surface area contributed by atoms with E-state index in [0.29, 0.717) is 31.8 Å². The molecule has 1 aliphatic carbocycles. The second-order valence-electron chi connectivity index (χ2n) is 9.84. The number of benzene rings is 1. The molecule has 1 spiro atoms. The molecule has 3 aliphatic rings. The summed E-state index contributed by atoms with van der Waals surface area (Å²) >= 11 is 0. The number of piperazine rings is 1. The number of carbonyl (C=O) groups excluding carboxylic acids is 2. The van der Waals surface area contributed by atoms with Crippen LogP contribution in [0.2, 0.25) is 0 Å². The van der Waals surface area contributed by atoms with Gasteiger partial charge in [0.15, 0.2) is 0 Å². The molecule has 0 unspecified atom stereocenters. The fraction of sp³-hybridized carbons (Fsp3) is 0.652. The molecule has 0 radical (unpaired) electrons. The summed E-state index contributed by atoms with van der Waals surface area (Å²) in [4.78, 5) is 30.4. The molecule has 176 valence electrons. The van der Waals surface area contributed by atoms with Crippen LogP contribution in [-0.4, -0.2) is 86.7 Å². The van der Waals surface area contributed by atoms with E-state index in [2.05, 4.69) is 24.1 Å². The molecule has 1 saturated carbocycles. The highest BCUT2D eigenvalue weighted by Crippen LogP contribution is 2.61. The monoisotopic (exact) mass is 462 g/mol. The number of hydrogen-bond donors (Lipinski definition) is 1. The molecular formula is C23H34N4O4S. The SMILES string of the molecule is CNC(=O)[C@@H]1C[C@@]2(C[C@@H]2C(=O)N2CCN(CC(C)C)CC2)CN1S(=O)(=O)c1ccccc1. The minimum Gasteiger partial charge on any atom is -0.358 e. The third-order valence-corrected chi connectivity index (χ3v) is 8.98. The van der Waals surface area contributed by atoms with Crippen LogP contribution in [0.5, 0.6) is 0 Å². The van der Waals surface area contributed by atoms with E-state index in [9.17, 15) is 18.0 Å². The molecule has 8 nitrogen and oxygen atoms in total. The largest absolute Gasteiger partial charge is 0.358 e. The molecule has 2 aliphatic heterocycles. The molecule has 32 heavy (non-hydrogen) atoms. The average molecular weight is 463 g/mol. The number of carbonyl (C=O) groups is 2. The summed E-state index contributed by atoms with van der Waals surface area (Å²) in [5.41, 5.74) is -0.439. The number of amides is 2. The summed E-state index contributed by atoms with van der Waals surface area (Å²) in [6.45, 7) is 8.82. The highest BCUT2D eigenvalue weighted by Gasteiger charge is 2.66. The second kappa shape index (κ2) is 8.76. The quantitative estimate of drug-likeness (QED) is 0.681. The Morgan fingerprint density at radius 2 is 1.75 bits per heavy atom. The van der Waals surface area contributed by atoms with E-state index in [1.54, 1.807) is 30.3 Å². The molecule has 1 aromatic carbocycles. The van der Waals surface area contributed by atoms with Crippen molar-refractivity contribution in [3.05, 3.63) is 30.3 Å². The van der Waals surface area contributed by atoms with Gasteiger partial charge in [-0.25, -0.2) is 8.42 Å². The van der Waals surface area contributed by atoms with Crippen LogP contribution in [0.4, 0.5) is 0 Å². The fourth-order valence-electron chi connectivity index (χ4n) is 5.33. The zero-order valence-corrected chi connectivity index (χ0v) is 20.0. The molecule has 4 rings (SSSR count). The average Bonchev–Trinajstić information content (AvgIpc) is 3.34. The van der Waals surface area contributed by atoms with Crippen molar-refractivity contribution >= 4 is 21.8 Å². The first-order chi connectivity index (χ1) is 15.2. The maximum Gasteiger partial charge on any atom is 0.243 e. The van der Waals surface area contributed by atoms with Gasteiger partial charge < -0.3 is 10.2 Å². The molecular weight excluding hydrogens is 428 g/mol. The number of nitrogens with one attached hydrogen (secondary N) is 1. The highest BCUT2D eigenvalue weighted by molar-refractivity contribution is 7.89. The Bertz CT molecular complexity index is 959. The first-order valence-corrected chi connectivity index (χ1v) is 12.9. The van der Waals surface area contributed by atoms with E-state index >= 15 is 0 Å². The first kappa shape index (κ1) is 23.2. The predicted molar refractivity (Wildman–Crippen MR) is 121 cm³/mol. The van der Waals surface area contributed by atoms with E-state index < -0.39 is 21.5 Å². The summed E-state index contributed by atoms with van der Waals surface area (Å²) < 4.78 is 28.0. The Morgan fingerprint density at radius 1 is 1.09 bits per heavy atom. The third-order valence-electron chi connectivity index (χ3n) is 7.11. The number of rotatable bonds is 6. The maximum absolute atomic E-state index is 13.3. The molecule has 2 heterocycles. The highest BCUT2D eigenvalue weighted by atomic mass is 32.2. The van der Waals surface area contributed by atoms with Crippen LogP contribution >= 0.6 is 0 Å².